The van der Waals surface area contributed by atoms with Gasteiger partial charge in [-0.15, -0.1) is 0 Å². The lowest BCUT2D eigenvalue weighted by Crippen LogP contribution is -2.42. The van der Waals surface area contributed by atoms with Crippen LogP contribution in [0.25, 0.3) is 0 Å². The third kappa shape index (κ3) is 4.18. The largest absolute Gasteiger partial charge is 0.481 e. The number of rotatable bonds is 7. The third-order valence-electron chi connectivity index (χ3n) is 4.63. The molecule has 2 aromatic carbocycles. The van der Waals surface area contributed by atoms with Crippen molar-refractivity contribution in [2.75, 3.05) is 0 Å². The molecular weight excluding hydrogens is 318 g/mol. The average Bonchev–Trinajstić information content (AvgIpc) is 2.57. The van der Waals surface area contributed by atoms with Crippen LogP contribution < -0.4 is 10.1 Å². The van der Waals surface area contributed by atoms with Gasteiger partial charge in [0.05, 0.1) is 5.41 Å². The second-order valence-corrected chi connectivity index (χ2v) is 6.46. The van der Waals surface area contributed by atoms with Gasteiger partial charge in [-0.05, 0) is 42.7 Å². The van der Waals surface area contributed by atoms with Crippen molar-refractivity contribution in [3.05, 3.63) is 60.2 Å². The van der Waals surface area contributed by atoms with Gasteiger partial charge < -0.3 is 15.2 Å². The van der Waals surface area contributed by atoms with Crippen LogP contribution in [-0.2, 0) is 16.1 Å². The molecule has 0 radical (unpaired) electrons. The van der Waals surface area contributed by atoms with E-state index in [0.717, 1.165) is 17.7 Å². The molecule has 1 aliphatic carbocycles. The van der Waals surface area contributed by atoms with E-state index in [4.69, 9.17) is 4.74 Å². The molecule has 1 fully saturated rings. The molecule has 2 N–H and O–H groups in total. The number of ether oxygens (including phenoxy) is 1. The lowest BCUT2D eigenvalue weighted by molar-refractivity contribution is -0.157. The highest BCUT2D eigenvalue weighted by Crippen LogP contribution is 2.44. The number of carboxylic acid groups (broad SMARTS) is 1. The van der Waals surface area contributed by atoms with Crippen LogP contribution >= 0.6 is 0 Å². The van der Waals surface area contributed by atoms with Crippen molar-refractivity contribution in [2.24, 2.45) is 5.41 Å². The summed E-state index contributed by atoms with van der Waals surface area (Å²) in [5.74, 6) is 0.347. The fourth-order valence-electron chi connectivity index (χ4n) is 2.98. The minimum absolute atomic E-state index is 0.0442. The fourth-order valence-corrected chi connectivity index (χ4v) is 2.98. The number of hydrogen-bond donors (Lipinski definition) is 2. The Morgan fingerprint density at radius 3 is 2.40 bits per heavy atom. The number of amides is 1. The molecule has 3 rings (SSSR count). The third-order valence-corrected chi connectivity index (χ3v) is 4.63. The molecule has 0 spiro atoms. The van der Waals surface area contributed by atoms with Crippen LogP contribution in [0.2, 0.25) is 0 Å². The molecule has 2 aromatic rings. The van der Waals surface area contributed by atoms with Gasteiger partial charge in [-0.2, -0.15) is 0 Å². The summed E-state index contributed by atoms with van der Waals surface area (Å²) >= 11 is 0. The predicted octanol–water partition coefficient (Wildman–Crippen LogP) is 3.74. The number of carbonyl (C=O) groups excluding carboxylic acids is 1. The topological polar surface area (TPSA) is 75.6 Å². The number of carbonyl (C=O) groups is 2. The molecule has 0 heterocycles. The summed E-state index contributed by atoms with van der Waals surface area (Å²) in [5, 5.41) is 12.1. The molecule has 1 amide bonds. The summed E-state index contributed by atoms with van der Waals surface area (Å²) < 4.78 is 5.77. The van der Waals surface area contributed by atoms with Crippen LogP contribution in [0.3, 0.4) is 0 Å². The smallest absolute Gasteiger partial charge is 0.310 e. The van der Waals surface area contributed by atoms with Crippen LogP contribution in [0.15, 0.2) is 54.6 Å². The van der Waals surface area contributed by atoms with Crippen molar-refractivity contribution in [3.63, 3.8) is 0 Å². The van der Waals surface area contributed by atoms with Crippen LogP contribution in [0, 0.1) is 5.41 Å². The van der Waals surface area contributed by atoms with Crippen molar-refractivity contribution in [1.29, 1.82) is 0 Å². The van der Waals surface area contributed by atoms with Crippen LogP contribution in [0.5, 0.6) is 11.5 Å². The van der Waals surface area contributed by atoms with E-state index >= 15 is 0 Å². The number of benzene rings is 2. The van der Waals surface area contributed by atoms with Crippen molar-refractivity contribution < 1.29 is 19.4 Å². The normalized spacial score (nSPS) is 15.0. The number of nitrogens with one attached hydrogen (secondary N) is 1. The van der Waals surface area contributed by atoms with E-state index in [0.29, 0.717) is 25.1 Å². The summed E-state index contributed by atoms with van der Waals surface area (Å²) in [6.07, 6.45) is 2.08. The summed E-state index contributed by atoms with van der Waals surface area (Å²) in [5.41, 5.74) is 0.0438. The minimum atomic E-state index is -0.868. The average molecular weight is 339 g/mol. The highest BCUT2D eigenvalue weighted by molar-refractivity contribution is 5.85. The Labute approximate surface area is 146 Å². The molecule has 1 aliphatic rings. The maximum absolute atomic E-state index is 12.1. The number of hydrogen-bond acceptors (Lipinski definition) is 3. The van der Waals surface area contributed by atoms with E-state index in [-0.39, 0.29) is 12.3 Å². The van der Waals surface area contributed by atoms with E-state index in [1.54, 1.807) is 0 Å². The van der Waals surface area contributed by atoms with Gasteiger partial charge in [0.1, 0.15) is 11.5 Å². The SMILES string of the molecule is O=C(CC1(C(=O)O)CCC1)NCc1cccc(Oc2ccccc2)c1. The van der Waals surface area contributed by atoms with E-state index in [1.165, 1.54) is 0 Å². The molecule has 1 saturated carbocycles. The van der Waals surface area contributed by atoms with Gasteiger partial charge >= 0.3 is 5.97 Å². The fraction of sp³-hybridized carbons (Fsp3) is 0.300. The second-order valence-electron chi connectivity index (χ2n) is 6.46. The van der Waals surface area contributed by atoms with Crippen LogP contribution in [-0.4, -0.2) is 17.0 Å². The van der Waals surface area contributed by atoms with Crippen molar-refractivity contribution in [2.45, 2.75) is 32.2 Å². The molecule has 0 unspecified atom stereocenters. The maximum atomic E-state index is 12.1. The molecule has 5 nitrogen and oxygen atoms in total. The van der Waals surface area contributed by atoms with E-state index in [2.05, 4.69) is 5.32 Å². The predicted molar refractivity (Wildman–Crippen MR) is 93.3 cm³/mol. The Morgan fingerprint density at radius 1 is 1.04 bits per heavy atom. The van der Waals surface area contributed by atoms with Crippen molar-refractivity contribution in [1.82, 2.24) is 5.32 Å². The van der Waals surface area contributed by atoms with Gasteiger partial charge in [0.2, 0.25) is 5.91 Å². The number of carboxylic acids is 1. The van der Waals surface area contributed by atoms with Crippen molar-refractivity contribution >= 4 is 11.9 Å². The quantitative estimate of drug-likeness (QED) is 0.806. The molecule has 0 atom stereocenters. The molecule has 0 aliphatic heterocycles. The monoisotopic (exact) mass is 339 g/mol. The lowest BCUT2D eigenvalue weighted by Gasteiger charge is -2.36. The van der Waals surface area contributed by atoms with Gasteiger partial charge in [0, 0.05) is 13.0 Å². The van der Waals surface area contributed by atoms with Crippen LogP contribution in [0.4, 0.5) is 0 Å². The number of aliphatic carboxylic acids is 1. The minimum Gasteiger partial charge on any atom is -0.481 e. The lowest BCUT2D eigenvalue weighted by atomic mass is 9.66. The zero-order chi connectivity index (χ0) is 17.7. The first-order valence-electron chi connectivity index (χ1n) is 8.39. The zero-order valence-corrected chi connectivity index (χ0v) is 13.9. The van der Waals surface area contributed by atoms with E-state index in [1.807, 2.05) is 54.6 Å². The molecule has 130 valence electrons. The van der Waals surface area contributed by atoms with Gasteiger partial charge in [-0.1, -0.05) is 36.8 Å². The highest BCUT2D eigenvalue weighted by Gasteiger charge is 2.45. The number of para-hydroxylation sites is 1. The van der Waals surface area contributed by atoms with Crippen LogP contribution in [0.1, 0.15) is 31.2 Å². The van der Waals surface area contributed by atoms with E-state index < -0.39 is 11.4 Å². The van der Waals surface area contributed by atoms with Gasteiger partial charge in [0.25, 0.3) is 0 Å². The molecule has 0 bridgehead atoms. The standard InChI is InChI=1S/C20H21NO4/c22-18(13-20(19(23)24)10-5-11-20)21-14-15-6-4-9-17(12-15)25-16-7-2-1-3-8-16/h1-4,6-9,12H,5,10-11,13-14H2,(H,21,22)(H,23,24). The Kier molecular flexibility index (Phi) is 5.03. The Balaban J connectivity index is 1.55. The first-order valence-corrected chi connectivity index (χ1v) is 8.39. The summed E-state index contributed by atoms with van der Waals surface area (Å²) in [4.78, 5) is 23.4. The zero-order valence-electron chi connectivity index (χ0n) is 13.9. The van der Waals surface area contributed by atoms with Gasteiger partial charge in [-0.25, -0.2) is 0 Å². The van der Waals surface area contributed by atoms with Gasteiger partial charge in [0.15, 0.2) is 0 Å². The Morgan fingerprint density at radius 2 is 1.76 bits per heavy atom. The molecule has 5 heteroatoms. The molecule has 0 aromatic heterocycles. The first kappa shape index (κ1) is 17.0. The highest BCUT2D eigenvalue weighted by atomic mass is 16.5. The molecule has 0 saturated heterocycles. The summed E-state index contributed by atoms with van der Waals surface area (Å²) in [7, 11) is 0. The van der Waals surface area contributed by atoms with Gasteiger partial charge in [-0.3, -0.25) is 9.59 Å². The molecular formula is C20H21NO4. The molecule has 25 heavy (non-hydrogen) atoms. The Bertz CT molecular complexity index is 753. The summed E-state index contributed by atoms with van der Waals surface area (Å²) in [6.45, 7) is 0.348. The van der Waals surface area contributed by atoms with E-state index in [9.17, 15) is 14.7 Å². The Hall–Kier alpha value is -2.82. The first-order chi connectivity index (χ1) is 12.1. The summed E-state index contributed by atoms with van der Waals surface area (Å²) in [6, 6.07) is 17.0. The van der Waals surface area contributed by atoms with Crippen molar-refractivity contribution in [3.8, 4) is 11.5 Å². The maximum Gasteiger partial charge on any atom is 0.310 e. The second kappa shape index (κ2) is 7.38.